The van der Waals surface area contributed by atoms with Crippen LogP contribution in [-0.4, -0.2) is 37.0 Å². The number of aromatic hydroxyl groups is 1. The van der Waals surface area contributed by atoms with Crippen molar-refractivity contribution in [3.05, 3.63) is 96.3 Å². The van der Waals surface area contributed by atoms with Gasteiger partial charge in [-0.3, -0.25) is 0 Å². The Balaban J connectivity index is 1.50. The number of hydrogen-bond donors (Lipinski definition) is 5. The molecule has 3 aromatic carbocycles. The molecule has 1 atom stereocenters. The summed E-state index contributed by atoms with van der Waals surface area (Å²) in [5, 5.41) is 20.1. The second-order valence-electron chi connectivity index (χ2n) is 8.07. The fourth-order valence-electron chi connectivity index (χ4n) is 3.89. The van der Waals surface area contributed by atoms with Crippen molar-refractivity contribution < 1.29 is 27.0 Å². The van der Waals surface area contributed by atoms with Gasteiger partial charge in [0.15, 0.2) is 0 Å². The van der Waals surface area contributed by atoms with Crippen LogP contribution in [0.2, 0.25) is 0 Å². The number of fused-ring (bicyclic) bond motifs is 1. The average Bonchev–Trinajstić information content (AvgIpc) is 3.38. The number of aromatic amines is 1. The molecular formula is C23H21N5O6S2. The Hall–Kier alpha value is -4.07. The lowest BCUT2D eigenvalue weighted by atomic mass is 10.1. The van der Waals surface area contributed by atoms with Gasteiger partial charge in [0, 0.05) is 0 Å². The summed E-state index contributed by atoms with van der Waals surface area (Å²) in [4.78, 5) is 7.77. The van der Waals surface area contributed by atoms with E-state index < -0.39 is 32.2 Å². The number of aromatic nitrogens is 2. The van der Waals surface area contributed by atoms with Gasteiger partial charge in [0.05, 0.1) is 28.2 Å². The number of aliphatic hydroxyl groups excluding tert-OH is 1. The minimum absolute atomic E-state index is 0.0829. The number of para-hydroxylation sites is 2. The number of phenolic OH excluding ortho intramolecular Hbond substituents is 1. The van der Waals surface area contributed by atoms with E-state index in [4.69, 9.17) is 0 Å². The monoisotopic (exact) mass is 527 g/mol. The van der Waals surface area contributed by atoms with Crippen LogP contribution in [0.4, 0.5) is 5.69 Å². The van der Waals surface area contributed by atoms with E-state index in [9.17, 15) is 27.0 Å². The van der Waals surface area contributed by atoms with Crippen LogP contribution < -0.4 is 13.7 Å². The summed E-state index contributed by atoms with van der Waals surface area (Å²) < 4.78 is 55.8. The van der Waals surface area contributed by atoms with Gasteiger partial charge in [-0.1, -0.05) is 36.4 Å². The van der Waals surface area contributed by atoms with E-state index in [1.807, 2.05) is 22.9 Å². The highest BCUT2D eigenvalue weighted by atomic mass is 32.2. The zero-order valence-corrected chi connectivity index (χ0v) is 20.2. The van der Waals surface area contributed by atoms with Crippen LogP contribution >= 0.6 is 0 Å². The zero-order valence-electron chi connectivity index (χ0n) is 18.5. The standard InChI is InChI=1S/C23H21N5O6S2/c29-21-13-15(10-11-20(21)28-14-22(30)27-36(28,33)34)12-19(23-24-17-8-4-5-9-18(17)25-23)26-35(31,32)16-6-2-1-3-7-16/h1-11,13-14,19,26-27,29-30H,12H2,(H,24,25)/t19-/m0/s1. The van der Waals surface area contributed by atoms with Crippen LogP contribution in [0.1, 0.15) is 17.4 Å². The van der Waals surface area contributed by atoms with E-state index in [2.05, 4.69) is 14.7 Å². The molecule has 36 heavy (non-hydrogen) atoms. The van der Waals surface area contributed by atoms with Crippen LogP contribution in [0.5, 0.6) is 5.75 Å². The molecule has 0 fully saturated rings. The second-order valence-corrected chi connectivity index (χ2v) is 11.3. The maximum Gasteiger partial charge on any atom is 0.330 e. The maximum atomic E-state index is 13.1. The van der Waals surface area contributed by atoms with Crippen molar-refractivity contribution in [2.24, 2.45) is 0 Å². The van der Waals surface area contributed by atoms with Gasteiger partial charge >= 0.3 is 10.2 Å². The molecule has 0 amide bonds. The number of imidazole rings is 1. The van der Waals surface area contributed by atoms with Crippen LogP contribution in [0.25, 0.3) is 11.0 Å². The Morgan fingerprint density at radius 1 is 1.00 bits per heavy atom. The lowest BCUT2D eigenvalue weighted by molar-refractivity contribution is 0.392. The third-order valence-electron chi connectivity index (χ3n) is 5.54. The van der Waals surface area contributed by atoms with Crippen LogP contribution in [0, 0.1) is 0 Å². The number of H-pyrrole nitrogens is 1. The van der Waals surface area contributed by atoms with Gasteiger partial charge < -0.3 is 15.2 Å². The summed E-state index contributed by atoms with van der Waals surface area (Å²) in [6, 6.07) is 18.6. The first kappa shape index (κ1) is 23.7. The topological polar surface area (TPSA) is 165 Å². The number of rotatable bonds is 7. The van der Waals surface area contributed by atoms with Crippen molar-refractivity contribution in [1.29, 1.82) is 0 Å². The average molecular weight is 528 g/mol. The summed E-state index contributed by atoms with van der Waals surface area (Å²) in [5.74, 6) is -0.588. The molecule has 11 nitrogen and oxygen atoms in total. The third kappa shape index (κ3) is 4.58. The molecule has 0 unspecified atom stereocenters. The molecule has 4 aromatic rings. The Labute approximate surface area is 207 Å². The van der Waals surface area contributed by atoms with Crippen LogP contribution in [0.3, 0.4) is 0 Å². The Morgan fingerprint density at radius 2 is 1.72 bits per heavy atom. The van der Waals surface area contributed by atoms with Gasteiger partial charge in [-0.2, -0.15) is 8.42 Å². The van der Waals surface area contributed by atoms with E-state index in [1.165, 1.54) is 24.3 Å². The first-order valence-electron chi connectivity index (χ1n) is 10.7. The van der Waals surface area contributed by atoms with Crippen molar-refractivity contribution >= 4 is 37.0 Å². The smallest absolute Gasteiger partial charge is 0.330 e. The number of anilines is 1. The predicted octanol–water partition coefficient (Wildman–Crippen LogP) is 2.54. The number of nitrogens with zero attached hydrogens (tertiary/aromatic N) is 2. The Morgan fingerprint density at radius 3 is 2.39 bits per heavy atom. The van der Waals surface area contributed by atoms with Crippen LogP contribution in [0.15, 0.2) is 89.8 Å². The molecule has 2 heterocycles. The van der Waals surface area contributed by atoms with Crippen molar-refractivity contribution in [2.45, 2.75) is 17.4 Å². The van der Waals surface area contributed by atoms with Gasteiger partial charge in [0.1, 0.15) is 17.3 Å². The van der Waals surface area contributed by atoms with Gasteiger partial charge in [-0.25, -0.2) is 27.2 Å². The summed E-state index contributed by atoms with van der Waals surface area (Å²) >= 11 is 0. The molecule has 0 bridgehead atoms. The molecule has 1 aliphatic heterocycles. The molecule has 5 rings (SSSR count). The maximum absolute atomic E-state index is 13.1. The zero-order chi connectivity index (χ0) is 25.5. The highest BCUT2D eigenvalue weighted by molar-refractivity contribution is 7.91. The number of benzene rings is 3. The first-order chi connectivity index (χ1) is 17.1. The molecular weight excluding hydrogens is 506 g/mol. The molecule has 186 valence electrons. The molecule has 5 N–H and O–H groups in total. The molecule has 0 radical (unpaired) electrons. The second kappa shape index (κ2) is 8.86. The highest BCUT2D eigenvalue weighted by Gasteiger charge is 2.31. The first-order valence-corrected chi connectivity index (χ1v) is 13.6. The van der Waals surface area contributed by atoms with E-state index in [1.54, 1.807) is 30.3 Å². The normalized spacial score (nSPS) is 16.0. The van der Waals surface area contributed by atoms with Crippen LogP contribution in [-0.2, 0) is 26.7 Å². The number of sulfonamides is 1. The fourth-order valence-corrected chi connectivity index (χ4v) is 6.18. The largest absolute Gasteiger partial charge is 0.506 e. The highest BCUT2D eigenvalue weighted by Crippen LogP contribution is 2.33. The van der Waals surface area contributed by atoms with E-state index in [0.717, 1.165) is 11.7 Å². The van der Waals surface area contributed by atoms with Gasteiger partial charge in [-0.15, -0.1) is 0 Å². The summed E-state index contributed by atoms with van der Waals surface area (Å²) in [6.45, 7) is 0. The molecule has 0 saturated heterocycles. The van der Waals surface area contributed by atoms with Crippen molar-refractivity contribution in [1.82, 2.24) is 19.4 Å². The number of nitrogens with one attached hydrogen (secondary N) is 3. The molecule has 0 aliphatic carbocycles. The summed E-state index contributed by atoms with van der Waals surface area (Å²) in [6.07, 6.45) is 1.01. The lowest BCUT2D eigenvalue weighted by Crippen LogP contribution is -2.31. The number of aliphatic hydroxyl groups is 1. The molecule has 1 aliphatic rings. The van der Waals surface area contributed by atoms with Crippen molar-refractivity contribution in [2.75, 3.05) is 4.31 Å². The minimum Gasteiger partial charge on any atom is -0.506 e. The summed E-state index contributed by atoms with van der Waals surface area (Å²) in [5.41, 5.74) is 1.82. The predicted molar refractivity (Wildman–Crippen MR) is 133 cm³/mol. The van der Waals surface area contributed by atoms with E-state index in [0.29, 0.717) is 21.2 Å². The van der Waals surface area contributed by atoms with Crippen molar-refractivity contribution in [3.8, 4) is 5.75 Å². The summed E-state index contributed by atoms with van der Waals surface area (Å²) in [7, 11) is -8.01. The molecule has 0 saturated carbocycles. The molecule has 1 aromatic heterocycles. The minimum atomic E-state index is -4.09. The van der Waals surface area contributed by atoms with E-state index >= 15 is 0 Å². The number of hydrogen-bond acceptors (Lipinski definition) is 7. The van der Waals surface area contributed by atoms with Gasteiger partial charge in [-0.05, 0) is 48.4 Å². The van der Waals surface area contributed by atoms with E-state index in [-0.39, 0.29) is 22.8 Å². The Kier molecular flexibility index (Phi) is 5.82. The van der Waals surface area contributed by atoms with Gasteiger partial charge in [0.2, 0.25) is 15.9 Å². The SMILES string of the molecule is O=S(=O)(N[C@@H](Cc1ccc(N2C=C(O)NS2(=O)=O)c(O)c1)c1nc2ccccc2[nH]1)c1ccccc1. The van der Waals surface area contributed by atoms with Crippen molar-refractivity contribution in [3.63, 3.8) is 0 Å². The number of phenols is 1. The quantitative estimate of drug-likeness (QED) is 0.246. The molecule has 13 heteroatoms. The lowest BCUT2D eigenvalue weighted by Gasteiger charge is -2.19. The van der Waals surface area contributed by atoms with Gasteiger partial charge in [0.25, 0.3) is 0 Å². The fraction of sp³-hybridized carbons (Fsp3) is 0.0870. The Bertz CT molecular complexity index is 1650. The molecule has 0 spiro atoms. The third-order valence-corrected chi connectivity index (χ3v) is 8.31.